The minimum atomic E-state index is -0.663. The lowest BCUT2D eigenvalue weighted by molar-refractivity contribution is -0.0432. The molecule has 0 radical (unpaired) electrons. The molecule has 9 nitrogen and oxygen atoms in total. The quantitative estimate of drug-likeness (QED) is 0.701. The summed E-state index contributed by atoms with van der Waals surface area (Å²) in [6.07, 6.45) is 5.32. The molecule has 0 aromatic carbocycles. The summed E-state index contributed by atoms with van der Waals surface area (Å²) in [7, 11) is 3.95. The largest absolute Gasteiger partial charge is 0.394 e. The van der Waals surface area contributed by atoms with Crippen LogP contribution in [-0.4, -0.2) is 67.6 Å². The van der Waals surface area contributed by atoms with E-state index < -0.39 is 12.2 Å². The predicted molar refractivity (Wildman–Crippen MR) is 95.5 cm³/mol. The molecule has 4 rings (SSSR count). The number of fused-ring (bicyclic) bond motifs is 1. The van der Waals surface area contributed by atoms with Gasteiger partial charge in [-0.2, -0.15) is 0 Å². The van der Waals surface area contributed by atoms with E-state index in [2.05, 4.69) is 19.9 Å². The molecule has 0 unspecified atom stereocenters. The number of aromatic nitrogens is 5. The molecule has 1 fully saturated rings. The number of nitrogens with zero attached hydrogens (tertiary/aromatic N) is 6. The van der Waals surface area contributed by atoms with Crippen LogP contribution in [0.2, 0.25) is 0 Å². The fourth-order valence-corrected chi connectivity index (χ4v) is 2.66. The summed E-state index contributed by atoms with van der Waals surface area (Å²) in [6.45, 7) is -0.195. The van der Waals surface area contributed by atoms with E-state index in [1.807, 2.05) is 37.2 Å². The highest BCUT2D eigenvalue weighted by molar-refractivity contribution is 5.68. The van der Waals surface area contributed by atoms with Gasteiger partial charge < -0.3 is 19.8 Å². The Morgan fingerprint density at radius 1 is 1.27 bits per heavy atom. The van der Waals surface area contributed by atoms with Crippen LogP contribution in [0.4, 0.5) is 5.82 Å². The van der Waals surface area contributed by atoms with Gasteiger partial charge >= 0.3 is 0 Å². The molecule has 4 heterocycles. The average molecular weight is 358 g/mol. The fourth-order valence-electron chi connectivity index (χ4n) is 2.66. The van der Waals surface area contributed by atoms with Crippen molar-refractivity contribution in [3.05, 3.63) is 43.2 Å². The maximum atomic E-state index is 9.68. The summed E-state index contributed by atoms with van der Waals surface area (Å²) < 4.78 is 7.28. The van der Waals surface area contributed by atoms with E-state index in [1.54, 1.807) is 23.3 Å². The second-order valence-corrected chi connectivity index (χ2v) is 6.08. The molecule has 9 heteroatoms. The predicted octanol–water partition coefficient (Wildman–Crippen LogP) is 0.615. The number of pyridine rings is 1. The summed E-state index contributed by atoms with van der Waals surface area (Å²) >= 11 is 0. The minimum Gasteiger partial charge on any atom is -0.394 e. The van der Waals surface area contributed by atoms with Crippen molar-refractivity contribution in [1.29, 1.82) is 0 Å². The third-order valence-electron chi connectivity index (χ3n) is 4.04. The Morgan fingerprint density at radius 2 is 2.12 bits per heavy atom. The van der Waals surface area contributed by atoms with E-state index in [0.717, 1.165) is 5.82 Å². The lowest BCUT2D eigenvalue weighted by atomic mass is 10.2. The third kappa shape index (κ3) is 3.96. The first kappa shape index (κ1) is 18.2. The molecule has 138 valence electrons. The molecule has 0 amide bonds. The Balaban J connectivity index is 0.000000185. The molecule has 3 atom stereocenters. The normalized spacial score (nSPS) is 22.1. The van der Waals surface area contributed by atoms with E-state index in [0.29, 0.717) is 17.6 Å². The number of hydrogen-bond acceptors (Lipinski definition) is 8. The van der Waals surface area contributed by atoms with Crippen molar-refractivity contribution in [2.75, 3.05) is 25.6 Å². The smallest absolute Gasteiger partial charge is 0.165 e. The second-order valence-electron chi connectivity index (χ2n) is 6.08. The van der Waals surface area contributed by atoms with Crippen LogP contribution in [0, 0.1) is 0 Å². The van der Waals surface area contributed by atoms with Gasteiger partial charge in [0.05, 0.1) is 25.2 Å². The Hall–Kier alpha value is -2.62. The average Bonchev–Trinajstić information content (AvgIpc) is 3.26. The number of ether oxygens (including phenoxy) is 1. The lowest BCUT2D eigenvalue weighted by Crippen LogP contribution is -2.24. The molecule has 3 aromatic rings. The molecule has 0 spiro atoms. The van der Waals surface area contributed by atoms with Crippen molar-refractivity contribution in [1.82, 2.24) is 24.5 Å². The van der Waals surface area contributed by atoms with Crippen molar-refractivity contribution in [3.63, 3.8) is 0 Å². The highest BCUT2D eigenvalue weighted by Crippen LogP contribution is 2.30. The number of hydrogen-bond donors (Lipinski definition) is 2. The van der Waals surface area contributed by atoms with Crippen LogP contribution >= 0.6 is 0 Å². The standard InChI is InChI=1S/C10H12N4O3.C7H10N2/c15-3-8-7(16)1-9(17-8)14-5-13-6-2-11-4-12-10(6)14;1-9(2)7-5-3-4-6-8-7/h2,4-5,7-9,15-16H,1,3H2;3-6H,1-2H3/t7-,8+,9+;/m0./s1. The third-order valence-corrected chi connectivity index (χ3v) is 4.04. The van der Waals surface area contributed by atoms with Crippen LogP contribution in [0.3, 0.4) is 0 Å². The van der Waals surface area contributed by atoms with Crippen LogP contribution < -0.4 is 4.90 Å². The maximum absolute atomic E-state index is 9.68. The van der Waals surface area contributed by atoms with Gasteiger partial charge in [0.25, 0.3) is 0 Å². The first-order valence-electron chi connectivity index (χ1n) is 8.25. The Kier molecular flexibility index (Phi) is 5.71. The summed E-state index contributed by atoms with van der Waals surface area (Å²) in [4.78, 5) is 18.2. The van der Waals surface area contributed by atoms with Gasteiger partial charge in [0.15, 0.2) is 5.65 Å². The molecule has 26 heavy (non-hydrogen) atoms. The topological polar surface area (TPSA) is 109 Å². The first-order chi connectivity index (χ1) is 12.6. The number of anilines is 1. The van der Waals surface area contributed by atoms with Crippen LogP contribution in [0.1, 0.15) is 12.6 Å². The molecule has 0 bridgehead atoms. The lowest BCUT2D eigenvalue weighted by Gasteiger charge is -2.13. The second kappa shape index (κ2) is 8.17. The van der Waals surface area contributed by atoms with E-state index in [-0.39, 0.29) is 12.8 Å². The van der Waals surface area contributed by atoms with Crippen LogP contribution in [-0.2, 0) is 4.74 Å². The molecule has 0 aliphatic carbocycles. The molecular formula is C17H22N6O3. The SMILES string of the molecule is CN(C)c1ccccn1.OC[C@H]1O[C@@H](n2cnc3cncnc32)C[C@@H]1O. The summed E-state index contributed by atoms with van der Waals surface area (Å²) in [5, 5.41) is 18.7. The zero-order chi connectivity index (χ0) is 18.5. The molecule has 3 aromatic heterocycles. The van der Waals surface area contributed by atoms with Crippen LogP contribution in [0.5, 0.6) is 0 Å². The van der Waals surface area contributed by atoms with E-state index in [1.165, 1.54) is 6.33 Å². The first-order valence-corrected chi connectivity index (χ1v) is 8.25. The highest BCUT2D eigenvalue weighted by atomic mass is 16.5. The van der Waals surface area contributed by atoms with Gasteiger partial charge in [0.1, 0.15) is 30.0 Å². The van der Waals surface area contributed by atoms with Crippen molar-refractivity contribution in [2.45, 2.75) is 24.9 Å². The van der Waals surface area contributed by atoms with Crippen molar-refractivity contribution in [2.24, 2.45) is 0 Å². The molecule has 1 aliphatic heterocycles. The summed E-state index contributed by atoms with van der Waals surface area (Å²) in [5.74, 6) is 0.998. The van der Waals surface area contributed by atoms with Gasteiger partial charge in [-0.15, -0.1) is 0 Å². The van der Waals surface area contributed by atoms with Crippen molar-refractivity contribution >= 4 is 17.0 Å². The van der Waals surface area contributed by atoms with Crippen molar-refractivity contribution in [3.8, 4) is 0 Å². The van der Waals surface area contributed by atoms with Gasteiger partial charge in [-0.05, 0) is 12.1 Å². The van der Waals surface area contributed by atoms with E-state index in [9.17, 15) is 5.11 Å². The minimum absolute atomic E-state index is 0.195. The van der Waals surface area contributed by atoms with Gasteiger partial charge in [-0.3, -0.25) is 4.57 Å². The number of imidazole rings is 1. The Bertz CT molecular complexity index is 825. The number of rotatable bonds is 3. The summed E-state index contributed by atoms with van der Waals surface area (Å²) in [5.41, 5.74) is 1.34. The van der Waals surface area contributed by atoms with E-state index >= 15 is 0 Å². The Labute approximate surface area is 150 Å². The highest BCUT2D eigenvalue weighted by Gasteiger charge is 2.35. The zero-order valence-corrected chi connectivity index (χ0v) is 14.7. The summed E-state index contributed by atoms with van der Waals surface area (Å²) in [6, 6.07) is 5.86. The number of aliphatic hydroxyl groups excluding tert-OH is 2. The van der Waals surface area contributed by atoms with Gasteiger partial charge in [-0.1, -0.05) is 6.07 Å². The monoisotopic (exact) mass is 358 g/mol. The fraction of sp³-hybridized carbons (Fsp3) is 0.412. The molecule has 2 N–H and O–H groups in total. The van der Waals surface area contributed by atoms with E-state index in [4.69, 9.17) is 9.84 Å². The van der Waals surface area contributed by atoms with Gasteiger partial charge in [0, 0.05) is 26.7 Å². The molecule has 1 aliphatic rings. The van der Waals surface area contributed by atoms with Gasteiger partial charge in [0.2, 0.25) is 0 Å². The molecule has 0 saturated carbocycles. The molecule has 1 saturated heterocycles. The van der Waals surface area contributed by atoms with Crippen molar-refractivity contribution < 1.29 is 14.9 Å². The van der Waals surface area contributed by atoms with Gasteiger partial charge in [-0.25, -0.2) is 19.9 Å². The van der Waals surface area contributed by atoms with Crippen LogP contribution in [0.25, 0.3) is 11.2 Å². The number of aliphatic hydroxyl groups is 2. The Morgan fingerprint density at radius 3 is 2.73 bits per heavy atom. The maximum Gasteiger partial charge on any atom is 0.165 e. The van der Waals surface area contributed by atoms with Crippen LogP contribution in [0.15, 0.2) is 43.2 Å². The molecular weight excluding hydrogens is 336 g/mol. The zero-order valence-electron chi connectivity index (χ0n) is 14.7.